The largest absolute Gasteiger partial charge is 0.354 e. The van der Waals surface area contributed by atoms with Gasteiger partial charge in [-0.1, -0.05) is 45.7 Å². The number of hydrogen-bond acceptors (Lipinski definition) is 3. The minimum Gasteiger partial charge on any atom is -0.354 e. The third kappa shape index (κ3) is 4.97. The Balaban J connectivity index is 2.17. The summed E-state index contributed by atoms with van der Waals surface area (Å²) in [6.45, 7) is 6.39. The van der Waals surface area contributed by atoms with Crippen LogP contribution in [0.2, 0.25) is 0 Å². The van der Waals surface area contributed by atoms with Crippen LogP contribution in [0.3, 0.4) is 0 Å². The maximum Gasteiger partial charge on any atom is 0.243 e. The average Bonchev–Trinajstić information content (AvgIpc) is 3.02. The molecule has 1 N–H and O–H groups in total. The second-order valence-electron chi connectivity index (χ2n) is 6.65. The van der Waals surface area contributed by atoms with E-state index in [1.807, 2.05) is 19.9 Å². The molecule has 0 unspecified atom stereocenters. The SMILES string of the molecule is CCCCCNC(=O)[C@H]1CS[C@H](c2cccc(F)c2)N1C(=O)C(C)C. The molecule has 1 saturated heterocycles. The highest BCUT2D eigenvalue weighted by Gasteiger charge is 2.42. The summed E-state index contributed by atoms with van der Waals surface area (Å²) in [5.41, 5.74) is 0.722. The number of halogens is 1. The molecule has 2 amide bonds. The fraction of sp³-hybridized carbons (Fsp3) is 0.579. The van der Waals surface area contributed by atoms with E-state index < -0.39 is 6.04 Å². The monoisotopic (exact) mass is 366 g/mol. The van der Waals surface area contributed by atoms with Crippen molar-refractivity contribution >= 4 is 23.6 Å². The molecule has 2 atom stereocenters. The summed E-state index contributed by atoms with van der Waals surface area (Å²) in [5.74, 6) is -0.212. The molecule has 0 bridgehead atoms. The van der Waals surface area contributed by atoms with Gasteiger partial charge in [-0.2, -0.15) is 0 Å². The molecule has 0 aromatic heterocycles. The van der Waals surface area contributed by atoms with Gasteiger partial charge < -0.3 is 10.2 Å². The number of carbonyl (C=O) groups excluding carboxylic acids is 2. The lowest BCUT2D eigenvalue weighted by Gasteiger charge is -2.30. The quantitative estimate of drug-likeness (QED) is 0.748. The van der Waals surface area contributed by atoms with Crippen LogP contribution in [0.15, 0.2) is 24.3 Å². The fourth-order valence-corrected chi connectivity index (χ4v) is 4.32. The molecular weight excluding hydrogens is 339 g/mol. The maximum atomic E-state index is 13.6. The van der Waals surface area contributed by atoms with Gasteiger partial charge in [0.05, 0.1) is 0 Å². The molecule has 0 aliphatic carbocycles. The summed E-state index contributed by atoms with van der Waals surface area (Å²) in [6, 6.07) is 5.77. The van der Waals surface area contributed by atoms with Gasteiger partial charge in [-0.05, 0) is 24.1 Å². The zero-order valence-corrected chi connectivity index (χ0v) is 15.9. The lowest BCUT2D eigenvalue weighted by molar-refractivity contribution is -0.142. The van der Waals surface area contributed by atoms with Crippen molar-refractivity contribution in [3.63, 3.8) is 0 Å². The number of hydrogen-bond donors (Lipinski definition) is 1. The first-order chi connectivity index (χ1) is 12.0. The molecule has 0 saturated carbocycles. The van der Waals surface area contributed by atoms with Gasteiger partial charge in [-0.25, -0.2) is 4.39 Å². The molecule has 1 aromatic rings. The summed E-state index contributed by atoms with van der Waals surface area (Å²) in [5, 5.41) is 2.62. The Bertz CT molecular complexity index is 609. The molecule has 1 fully saturated rings. The van der Waals surface area contributed by atoms with Crippen LogP contribution >= 0.6 is 11.8 Å². The van der Waals surface area contributed by atoms with E-state index >= 15 is 0 Å². The molecule has 1 aromatic carbocycles. The van der Waals surface area contributed by atoms with Crippen LogP contribution in [0.25, 0.3) is 0 Å². The highest BCUT2D eigenvalue weighted by Crippen LogP contribution is 2.42. The van der Waals surface area contributed by atoms with Crippen LogP contribution in [0.5, 0.6) is 0 Å². The second kappa shape index (κ2) is 9.22. The van der Waals surface area contributed by atoms with Crippen molar-refractivity contribution in [2.45, 2.75) is 51.4 Å². The van der Waals surface area contributed by atoms with Crippen molar-refractivity contribution in [2.75, 3.05) is 12.3 Å². The number of nitrogens with one attached hydrogen (secondary N) is 1. The molecular formula is C19H27FN2O2S. The summed E-state index contributed by atoms with van der Waals surface area (Å²) in [4.78, 5) is 27.0. The van der Waals surface area contributed by atoms with Crippen LogP contribution < -0.4 is 5.32 Å². The van der Waals surface area contributed by atoms with Gasteiger partial charge in [0.15, 0.2) is 0 Å². The number of rotatable bonds is 7. The summed E-state index contributed by atoms with van der Waals surface area (Å²) < 4.78 is 13.6. The van der Waals surface area contributed by atoms with Crippen molar-refractivity contribution in [3.8, 4) is 0 Å². The van der Waals surface area contributed by atoms with Gasteiger partial charge in [0.25, 0.3) is 0 Å². The number of amides is 2. The van der Waals surface area contributed by atoms with Crippen molar-refractivity contribution in [2.24, 2.45) is 5.92 Å². The van der Waals surface area contributed by atoms with Gasteiger partial charge in [-0.15, -0.1) is 11.8 Å². The van der Waals surface area contributed by atoms with Gasteiger partial charge in [-0.3, -0.25) is 9.59 Å². The van der Waals surface area contributed by atoms with E-state index in [9.17, 15) is 14.0 Å². The highest BCUT2D eigenvalue weighted by atomic mass is 32.2. The molecule has 2 rings (SSSR count). The van der Waals surface area contributed by atoms with E-state index in [2.05, 4.69) is 12.2 Å². The van der Waals surface area contributed by atoms with E-state index in [1.54, 1.807) is 11.0 Å². The summed E-state index contributed by atoms with van der Waals surface area (Å²) >= 11 is 1.52. The zero-order chi connectivity index (χ0) is 18.4. The predicted octanol–water partition coefficient (Wildman–Crippen LogP) is 3.73. The van der Waals surface area contributed by atoms with Crippen LogP contribution in [0.1, 0.15) is 51.0 Å². The number of benzene rings is 1. The molecule has 4 nitrogen and oxygen atoms in total. The van der Waals surface area contributed by atoms with E-state index in [-0.39, 0.29) is 28.9 Å². The Morgan fingerprint density at radius 1 is 1.36 bits per heavy atom. The third-order valence-corrected chi connectivity index (χ3v) is 5.59. The van der Waals surface area contributed by atoms with Gasteiger partial charge >= 0.3 is 0 Å². The molecule has 25 heavy (non-hydrogen) atoms. The summed E-state index contributed by atoms with van der Waals surface area (Å²) in [6.07, 6.45) is 3.10. The topological polar surface area (TPSA) is 49.4 Å². The van der Waals surface area contributed by atoms with Crippen molar-refractivity contribution in [3.05, 3.63) is 35.6 Å². The molecule has 1 heterocycles. The molecule has 6 heteroatoms. The number of unbranched alkanes of at least 4 members (excludes halogenated alkanes) is 2. The first-order valence-electron chi connectivity index (χ1n) is 8.92. The Hall–Kier alpha value is -1.56. The van der Waals surface area contributed by atoms with Crippen LogP contribution in [0.4, 0.5) is 4.39 Å². The standard InChI is InChI=1S/C19H27FN2O2S/c1-4-5-6-10-21-17(23)16-12-25-19(22(16)18(24)13(2)3)14-8-7-9-15(20)11-14/h7-9,11,13,16,19H,4-6,10,12H2,1-3H3,(H,21,23)/t16-,19-/m1/s1. The fourth-order valence-electron chi connectivity index (χ4n) is 2.90. The van der Waals surface area contributed by atoms with E-state index in [0.717, 1.165) is 24.8 Å². The van der Waals surface area contributed by atoms with Gasteiger partial charge in [0.1, 0.15) is 17.2 Å². The number of carbonyl (C=O) groups is 2. The first kappa shape index (κ1) is 19.8. The Labute approximate surface area is 153 Å². The van der Waals surface area contributed by atoms with Crippen LogP contribution in [0, 0.1) is 11.7 Å². The molecule has 1 aliphatic rings. The van der Waals surface area contributed by atoms with E-state index in [4.69, 9.17) is 0 Å². The summed E-state index contributed by atoms with van der Waals surface area (Å²) in [7, 11) is 0. The maximum absolute atomic E-state index is 13.6. The van der Waals surface area contributed by atoms with Crippen molar-refractivity contribution < 1.29 is 14.0 Å². The first-order valence-corrected chi connectivity index (χ1v) is 9.97. The third-order valence-electron chi connectivity index (χ3n) is 4.26. The highest BCUT2D eigenvalue weighted by molar-refractivity contribution is 7.99. The van der Waals surface area contributed by atoms with Crippen molar-refractivity contribution in [1.29, 1.82) is 0 Å². The second-order valence-corrected chi connectivity index (χ2v) is 7.77. The number of thioether (sulfide) groups is 1. The lowest BCUT2D eigenvalue weighted by Crippen LogP contribution is -2.49. The Morgan fingerprint density at radius 3 is 2.76 bits per heavy atom. The van der Waals surface area contributed by atoms with E-state index in [1.165, 1.54) is 23.9 Å². The average molecular weight is 367 g/mol. The van der Waals surface area contributed by atoms with Crippen LogP contribution in [-0.2, 0) is 9.59 Å². The van der Waals surface area contributed by atoms with Crippen LogP contribution in [-0.4, -0.2) is 35.1 Å². The molecule has 0 radical (unpaired) electrons. The lowest BCUT2D eigenvalue weighted by atomic mass is 10.1. The van der Waals surface area contributed by atoms with Gasteiger partial charge in [0.2, 0.25) is 11.8 Å². The minimum absolute atomic E-state index is 0.0760. The smallest absolute Gasteiger partial charge is 0.243 e. The van der Waals surface area contributed by atoms with Gasteiger partial charge in [0, 0.05) is 18.2 Å². The Kier molecular flexibility index (Phi) is 7.29. The van der Waals surface area contributed by atoms with E-state index in [0.29, 0.717) is 12.3 Å². The number of nitrogens with zero attached hydrogens (tertiary/aromatic N) is 1. The normalized spacial score (nSPS) is 20.1. The minimum atomic E-state index is -0.505. The Morgan fingerprint density at radius 2 is 2.12 bits per heavy atom. The predicted molar refractivity (Wildman–Crippen MR) is 99.6 cm³/mol. The zero-order valence-electron chi connectivity index (χ0n) is 15.1. The van der Waals surface area contributed by atoms with Crippen molar-refractivity contribution in [1.82, 2.24) is 10.2 Å². The molecule has 138 valence electrons. The molecule has 1 aliphatic heterocycles. The molecule has 0 spiro atoms.